The summed E-state index contributed by atoms with van der Waals surface area (Å²) in [5.41, 5.74) is 2.98. The van der Waals surface area contributed by atoms with E-state index in [1.54, 1.807) is 29.7 Å². The van der Waals surface area contributed by atoms with Gasteiger partial charge in [-0.25, -0.2) is 4.98 Å². The van der Waals surface area contributed by atoms with E-state index in [-0.39, 0.29) is 11.5 Å². The summed E-state index contributed by atoms with van der Waals surface area (Å²) in [6.45, 7) is 3.32. The van der Waals surface area contributed by atoms with Gasteiger partial charge in [-0.3, -0.25) is 4.90 Å². The number of hydrogen-bond donors (Lipinski definition) is 1. The predicted octanol–water partition coefficient (Wildman–Crippen LogP) is 5.88. The SMILES string of the molecule is FC1(F)Oc2cccc(-c3c[nH]c4ncc(-c5ccc(CN6CCCC6)s5)cc34)c2O1. The number of benzene rings is 1. The molecule has 4 aromatic rings. The van der Waals surface area contributed by atoms with Gasteiger partial charge in [0.05, 0.1) is 0 Å². The van der Waals surface area contributed by atoms with Crippen LogP contribution in [0.4, 0.5) is 8.78 Å². The van der Waals surface area contributed by atoms with Crippen LogP contribution in [0.2, 0.25) is 0 Å². The van der Waals surface area contributed by atoms with Gasteiger partial charge in [0.15, 0.2) is 11.5 Å². The van der Waals surface area contributed by atoms with Crippen LogP contribution in [-0.2, 0) is 6.54 Å². The zero-order chi connectivity index (χ0) is 21.0. The number of H-pyrrole nitrogens is 1. The Morgan fingerprint density at radius 2 is 1.97 bits per heavy atom. The van der Waals surface area contributed by atoms with E-state index in [2.05, 4.69) is 31.7 Å². The number of alkyl halides is 2. The van der Waals surface area contributed by atoms with Gasteiger partial charge in [-0.2, -0.15) is 0 Å². The van der Waals surface area contributed by atoms with E-state index >= 15 is 0 Å². The minimum Gasteiger partial charge on any atom is -0.395 e. The summed E-state index contributed by atoms with van der Waals surface area (Å²) in [7, 11) is 0. The van der Waals surface area contributed by atoms with Crippen molar-refractivity contribution < 1.29 is 18.3 Å². The zero-order valence-electron chi connectivity index (χ0n) is 16.5. The van der Waals surface area contributed by atoms with Crippen LogP contribution in [0, 0.1) is 0 Å². The molecule has 158 valence electrons. The number of aromatic nitrogens is 2. The number of aromatic amines is 1. The molecule has 1 fully saturated rings. The quantitative estimate of drug-likeness (QED) is 0.432. The molecule has 2 aliphatic rings. The van der Waals surface area contributed by atoms with E-state index in [9.17, 15) is 8.78 Å². The van der Waals surface area contributed by atoms with Crippen LogP contribution >= 0.6 is 11.3 Å². The Bertz CT molecular complexity index is 1280. The zero-order valence-corrected chi connectivity index (χ0v) is 17.3. The van der Waals surface area contributed by atoms with Gasteiger partial charge in [0.2, 0.25) is 0 Å². The van der Waals surface area contributed by atoms with Crippen LogP contribution < -0.4 is 9.47 Å². The van der Waals surface area contributed by atoms with Crippen LogP contribution in [0.3, 0.4) is 0 Å². The first-order valence-electron chi connectivity index (χ1n) is 10.2. The lowest BCUT2D eigenvalue weighted by atomic mass is 10.0. The van der Waals surface area contributed by atoms with E-state index in [1.165, 1.54) is 36.9 Å². The lowest BCUT2D eigenvalue weighted by Gasteiger charge is -2.12. The fourth-order valence-electron chi connectivity index (χ4n) is 4.32. The smallest absolute Gasteiger partial charge is 0.395 e. The van der Waals surface area contributed by atoms with Crippen molar-refractivity contribution in [2.24, 2.45) is 0 Å². The maximum Gasteiger partial charge on any atom is 0.586 e. The van der Waals surface area contributed by atoms with Crippen LogP contribution in [0.15, 0.2) is 48.8 Å². The Morgan fingerprint density at radius 3 is 2.84 bits per heavy atom. The number of hydrogen-bond acceptors (Lipinski definition) is 5. The third-order valence-electron chi connectivity index (χ3n) is 5.77. The van der Waals surface area contributed by atoms with Crippen molar-refractivity contribution in [3.05, 3.63) is 53.7 Å². The van der Waals surface area contributed by atoms with Gasteiger partial charge < -0.3 is 14.5 Å². The first kappa shape index (κ1) is 18.8. The molecule has 0 bridgehead atoms. The Labute approximate surface area is 181 Å². The summed E-state index contributed by atoms with van der Waals surface area (Å²) in [5.74, 6) is 0.0774. The molecule has 0 aliphatic carbocycles. The third-order valence-corrected chi connectivity index (χ3v) is 6.89. The Morgan fingerprint density at radius 1 is 1.10 bits per heavy atom. The molecule has 3 aromatic heterocycles. The summed E-state index contributed by atoms with van der Waals surface area (Å²) in [5, 5.41) is 0.846. The molecule has 0 spiro atoms. The van der Waals surface area contributed by atoms with Gasteiger partial charge in [0.1, 0.15) is 5.65 Å². The van der Waals surface area contributed by atoms with Crippen molar-refractivity contribution >= 4 is 22.4 Å². The molecule has 0 amide bonds. The topological polar surface area (TPSA) is 50.4 Å². The molecule has 1 N–H and O–H groups in total. The number of thiophene rings is 1. The van der Waals surface area contributed by atoms with E-state index in [4.69, 9.17) is 4.74 Å². The molecule has 8 heteroatoms. The Kier molecular flexibility index (Phi) is 4.26. The molecule has 31 heavy (non-hydrogen) atoms. The maximum atomic E-state index is 13.6. The molecular weight excluding hydrogens is 420 g/mol. The first-order valence-corrected chi connectivity index (χ1v) is 11.1. The number of fused-ring (bicyclic) bond motifs is 2. The van der Waals surface area contributed by atoms with E-state index < -0.39 is 6.29 Å². The summed E-state index contributed by atoms with van der Waals surface area (Å²) < 4.78 is 36.7. The minimum atomic E-state index is -3.66. The second-order valence-electron chi connectivity index (χ2n) is 7.87. The van der Waals surface area contributed by atoms with E-state index in [0.29, 0.717) is 11.2 Å². The van der Waals surface area contributed by atoms with Crippen LogP contribution in [0.1, 0.15) is 17.7 Å². The van der Waals surface area contributed by atoms with E-state index in [1.807, 2.05) is 12.3 Å². The average Bonchev–Trinajstić information content (AvgIpc) is 3.52. The maximum absolute atomic E-state index is 13.6. The standard InChI is InChI=1S/C23H19F2N3O2S/c24-23(25)29-19-5-3-4-16(21(19)30-23)18-12-27-22-17(18)10-14(11-26-22)20-7-6-15(31-20)13-28-8-1-2-9-28/h3-7,10-12H,1-2,8-9,13H2,(H,26,27). The molecule has 2 aliphatic heterocycles. The monoisotopic (exact) mass is 439 g/mol. The summed E-state index contributed by atoms with van der Waals surface area (Å²) in [6.07, 6.45) is 2.51. The van der Waals surface area contributed by atoms with Crippen molar-refractivity contribution in [2.45, 2.75) is 25.7 Å². The number of nitrogens with zero attached hydrogens (tertiary/aromatic N) is 2. The highest BCUT2D eigenvalue weighted by atomic mass is 32.1. The third kappa shape index (κ3) is 3.36. The Balaban J connectivity index is 1.37. The normalized spacial score (nSPS) is 17.6. The molecule has 6 rings (SSSR count). The van der Waals surface area contributed by atoms with Crippen molar-refractivity contribution in [2.75, 3.05) is 13.1 Å². The van der Waals surface area contributed by atoms with Gasteiger partial charge in [-0.05, 0) is 50.2 Å². The van der Waals surface area contributed by atoms with Crippen molar-refractivity contribution in [3.8, 4) is 33.1 Å². The first-order chi connectivity index (χ1) is 15.1. The predicted molar refractivity (Wildman–Crippen MR) is 116 cm³/mol. The number of nitrogens with one attached hydrogen (secondary N) is 1. The van der Waals surface area contributed by atoms with Crippen LogP contribution in [0.5, 0.6) is 11.5 Å². The second kappa shape index (κ2) is 7.03. The molecule has 1 aromatic carbocycles. The number of rotatable bonds is 4. The number of halogens is 2. The molecule has 0 radical (unpaired) electrons. The highest BCUT2D eigenvalue weighted by Gasteiger charge is 2.44. The fraction of sp³-hybridized carbons (Fsp3) is 0.261. The minimum absolute atomic E-state index is 0.0331. The number of likely N-dealkylation sites (tertiary alicyclic amines) is 1. The Hall–Kier alpha value is -2.97. The summed E-state index contributed by atoms with van der Waals surface area (Å²) in [6, 6.07) is 11.3. The number of para-hydroxylation sites is 1. The second-order valence-corrected chi connectivity index (χ2v) is 9.04. The average molecular weight is 439 g/mol. The number of pyridine rings is 1. The van der Waals surface area contributed by atoms with Crippen LogP contribution in [-0.4, -0.2) is 34.3 Å². The molecule has 5 heterocycles. The largest absolute Gasteiger partial charge is 0.586 e. The lowest BCUT2D eigenvalue weighted by molar-refractivity contribution is -0.286. The highest BCUT2D eigenvalue weighted by Crippen LogP contribution is 2.48. The molecular formula is C23H19F2N3O2S. The van der Waals surface area contributed by atoms with Gasteiger partial charge in [0, 0.05) is 50.8 Å². The van der Waals surface area contributed by atoms with Crippen molar-refractivity contribution in [1.29, 1.82) is 0 Å². The van der Waals surface area contributed by atoms with Crippen molar-refractivity contribution in [3.63, 3.8) is 0 Å². The molecule has 0 saturated carbocycles. The lowest BCUT2D eigenvalue weighted by Crippen LogP contribution is -2.26. The number of ether oxygens (including phenoxy) is 2. The fourth-order valence-corrected chi connectivity index (χ4v) is 5.35. The van der Waals surface area contributed by atoms with E-state index in [0.717, 1.165) is 27.9 Å². The molecule has 1 saturated heterocycles. The molecule has 5 nitrogen and oxygen atoms in total. The summed E-state index contributed by atoms with van der Waals surface area (Å²) >= 11 is 1.77. The van der Waals surface area contributed by atoms with Crippen LogP contribution in [0.25, 0.3) is 32.6 Å². The van der Waals surface area contributed by atoms with Gasteiger partial charge in [-0.15, -0.1) is 20.1 Å². The molecule has 0 unspecified atom stereocenters. The summed E-state index contributed by atoms with van der Waals surface area (Å²) in [4.78, 5) is 12.6. The van der Waals surface area contributed by atoms with Gasteiger partial charge in [0.25, 0.3) is 0 Å². The highest BCUT2D eigenvalue weighted by molar-refractivity contribution is 7.15. The van der Waals surface area contributed by atoms with Crippen molar-refractivity contribution in [1.82, 2.24) is 14.9 Å². The van der Waals surface area contributed by atoms with Gasteiger partial charge >= 0.3 is 6.29 Å². The molecule has 0 atom stereocenters. The van der Waals surface area contributed by atoms with Gasteiger partial charge in [-0.1, -0.05) is 12.1 Å².